The molecular weight excluding hydrogens is 218 g/mol. The van der Waals surface area contributed by atoms with E-state index < -0.39 is 0 Å². The Kier molecular flexibility index (Phi) is 3.09. The number of imidazole rings is 1. The van der Waals surface area contributed by atoms with Crippen molar-refractivity contribution in [3.05, 3.63) is 47.5 Å². The first kappa shape index (κ1) is 11.2. The van der Waals surface area contributed by atoms with Crippen LogP contribution in [0.1, 0.15) is 21.6 Å². The van der Waals surface area contributed by atoms with Crippen molar-refractivity contribution in [3.63, 3.8) is 0 Å². The largest absolute Gasteiger partial charge is 0.508 e. The Morgan fingerprint density at radius 3 is 3.00 bits per heavy atom. The molecule has 0 spiro atoms. The summed E-state index contributed by atoms with van der Waals surface area (Å²) >= 11 is 0. The number of nitrogens with zero attached hydrogens (tertiary/aromatic N) is 1. The quantitative estimate of drug-likeness (QED) is 0.746. The van der Waals surface area contributed by atoms with E-state index in [1.165, 1.54) is 6.07 Å². The minimum absolute atomic E-state index is 0.160. The predicted octanol–water partition coefficient (Wildman–Crippen LogP) is 1.35. The number of nitrogens with one attached hydrogen (secondary N) is 2. The average Bonchev–Trinajstić information content (AvgIpc) is 2.78. The second-order valence-electron chi connectivity index (χ2n) is 3.76. The van der Waals surface area contributed by atoms with Gasteiger partial charge in [-0.15, -0.1) is 0 Å². The number of H-pyrrole nitrogens is 1. The number of rotatable bonds is 3. The van der Waals surface area contributed by atoms with Crippen LogP contribution in [0, 0.1) is 6.92 Å². The van der Waals surface area contributed by atoms with E-state index in [9.17, 15) is 9.90 Å². The van der Waals surface area contributed by atoms with E-state index >= 15 is 0 Å². The summed E-state index contributed by atoms with van der Waals surface area (Å²) < 4.78 is 0. The molecule has 88 valence electrons. The lowest BCUT2D eigenvalue weighted by atomic mass is 10.1. The fourth-order valence-electron chi connectivity index (χ4n) is 1.55. The SMILES string of the molecule is Cc1cc(O)ccc1C(=O)NCc1cnc[nH]1. The number of phenols is 1. The zero-order valence-corrected chi connectivity index (χ0v) is 9.40. The smallest absolute Gasteiger partial charge is 0.251 e. The van der Waals surface area contributed by atoms with E-state index in [-0.39, 0.29) is 11.7 Å². The Hall–Kier alpha value is -2.30. The Morgan fingerprint density at radius 1 is 1.53 bits per heavy atom. The third-order valence-electron chi connectivity index (χ3n) is 2.45. The van der Waals surface area contributed by atoms with Crippen molar-refractivity contribution in [2.45, 2.75) is 13.5 Å². The highest BCUT2D eigenvalue weighted by Crippen LogP contribution is 2.15. The molecule has 5 nitrogen and oxygen atoms in total. The molecule has 0 unspecified atom stereocenters. The van der Waals surface area contributed by atoms with Crippen LogP contribution >= 0.6 is 0 Å². The van der Waals surface area contributed by atoms with Crippen molar-refractivity contribution in [3.8, 4) is 5.75 Å². The zero-order valence-electron chi connectivity index (χ0n) is 9.40. The van der Waals surface area contributed by atoms with E-state index in [2.05, 4.69) is 15.3 Å². The molecule has 3 N–H and O–H groups in total. The van der Waals surface area contributed by atoms with Gasteiger partial charge in [0.15, 0.2) is 0 Å². The van der Waals surface area contributed by atoms with Crippen LogP contribution in [-0.2, 0) is 6.54 Å². The van der Waals surface area contributed by atoms with E-state index in [1.807, 2.05) is 0 Å². The molecule has 1 heterocycles. The molecule has 2 rings (SSSR count). The van der Waals surface area contributed by atoms with Gasteiger partial charge < -0.3 is 15.4 Å². The third-order valence-corrected chi connectivity index (χ3v) is 2.45. The Balaban J connectivity index is 2.04. The predicted molar refractivity (Wildman–Crippen MR) is 62.6 cm³/mol. The van der Waals surface area contributed by atoms with Crippen LogP contribution < -0.4 is 5.32 Å². The van der Waals surface area contributed by atoms with Crippen molar-refractivity contribution in [1.82, 2.24) is 15.3 Å². The van der Waals surface area contributed by atoms with Gasteiger partial charge in [-0.2, -0.15) is 0 Å². The second-order valence-corrected chi connectivity index (χ2v) is 3.76. The van der Waals surface area contributed by atoms with Gasteiger partial charge in [-0.25, -0.2) is 4.98 Å². The molecule has 17 heavy (non-hydrogen) atoms. The fourth-order valence-corrected chi connectivity index (χ4v) is 1.55. The Bertz CT molecular complexity index is 521. The Labute approximate surface area is 98.5 Å². The fraction of sp³-hybridized carbons (Fsp3) is 0.167. The second kappa shape index (κ2) is 4.69. The van der Waals surface area contributed by atoms with Crippen LogP contribution in [0.15, 0.2) is 30.7 Å². The van der Waals surface area contributed by atoms with E-state index in [0.29, 0.717) is 12.1 Å². The van der Waals surface area contributed by atoms with Crippen LogP contribution in [-0.4, -0.2) is 21.0 Å². The highest BCUT2D eigenvalue weighted by molar-refractivity contribution is 5.95. The summed E-state index contributed by atoms with van der Waals surface area (Å²) in [5, 5.41) is 12.0. The number of phenolic OH excluding ortho intramolecular Hbond substituents is 1. The summed E-state index contributed by atoms with van der Waals surface area (Å²) in [5.74, 6) is -0.00952. The molecule has 5 heteroatoms. The number of carbonyl (C=O) groups is 1. The van der Waals surface area contributed by atoms with Gasteiger partial charge in [0.2, 0.25) is 0 Å². The van der Waals surface area contributed by atoms with Crippen LogP contribution in [0.2, 0.25) is 0 Å². The normalized spacial score (nSPS) is 10.2. The van der Waals surface area contributed by atoms with Gasteiger partial charge in [0.1, 0.15) is 5.75 Å². The Morgan fingerprint density at radius 2 is 2.35 bits per heavy atom. The molecule has 0 atom stereocenters. The van der Waals surface area contributed by atoms with Gasteiger partial charge in [-0.3, -0.25) is 4.79 Å². The number of aromatic hydroxyl groups is 1. The standard InChI is InChI=1S/C12H13N3O2/c1-8-4-10(16)2-3-11(8)12(17)14-6-9-5-13-7-15-9/h2-5,7,16H,6H2,1H3,(H,13,15)(H,14,17). The zero-order chi connectivity index (χ0) is 12.3. The number of hydrogen-bond acceptors (Lipinski definition) is 3. The summed E-state index contributed by atoms with van der Waals surface area (Å²) in [7, 11) is 0. The lowest BCUT2D eigenvalue weighted by molar-refractivity contribution is 0.0950. The first-order valence-electron chi connectivity index (χ1n) is 5.22. The van der Waals surface area contributed by atoms with Crippen molar-refractivity contribution in [2.75, 3.05) is 0 Å². The minimum atomic E-state index is -0.169. The van der Waals surface area contributed by atoms with Crippen LogP contribution in [0.4, 0.5) is 0 Å². The highest BCUT2D eigenvalue weighted by atomic mass is 16.3. The molecule has 0 fully saturated rings. The molecule has 0 aliphatic rings. The number of amides is 1. The van der Waals surface area contributed by atoms with Gasteiger partial charge in [0, 0.05) is 11.8 Å². The molecule has 1 amide bonds. The number of aromatic amines is 1. The van der Waals surface area contributed by atoms with Crippen molar-refractivity contribution >= 4 is 5.91 Å². The van der Waals surface area contributed by atoms with E-state index in [0.717, 1.165) is 11.3 Å². The number of aryl methyl sites for hydroxylation is 1. The third kappa shape index (κ3) is 2.63. The summed E-state index contributed by atoms with van der Waals surface area (Å²) in [6.45, 7) is 2.18. The lowest BCUT2D eigenvalue weighted by Crippen LogP contribution is -2.23. The van der Waals surface area contributed by atoms with Gasteiger partial charge in [-0.1, -0.05) is 0 Å². The molecule has 0 radical (unpaired) electrons. The number of hydrogen-bond donors (Lipinski definition) is 3. The average molecular weight is 231 g/mol. The van der Waals surface area contributed by atoms with Gasteiger partial charge in [0.05, 0.1) is 18.6 Å². The van der Waals surface area contributed by atoms with Crippen molar-refractivity contribution < 1.29 is 9.90 Å². The van der Waals surface area contributed by atoms with Gasteiger partial charge in [0.25, 0.3) is 5.91 Å². The number of carbonyl (C=O) groups excluding carboxylic acids is 1. The molecule has 0 aliphatic heterocycles. The highest BCUT2D eigenvalue weighted by Gasteiger charge is 2.09. The summed E-state index contributed by atoms with van der Waals surface area (Å²) in [6, 6.07) is 4.66. The molecule has 1 aromatic heterocycles. The molecule has 2 aromatic rings. The van der Waals surface area contributed by atoms with E-state index in [4.69, 9.17) is 0 Å². The summed E-state index contributed by atoms with van der Waals surface area (Å²) in [5.41, 5.74) is 2.14. The first-order valence-corrected chi connectivity index (χ1v) is 5.22. The van der Waals surface area contributed by atoms with Gasteiger partial charge >= 0.3 is 0 Å². The van der Waals surface area contributed by atoms with Crippen LogP contribution in [0.5, 0.6) is 5.75 Å². The monoisotopic (exact) mass is 231 g/mol. The maximum absolute atomic E-state index is 11.8. The molecule has 0 bridgehead atoms. The molecule has 1 aromatic carbocycles. The van der Waals surface area contributed by atoms with E-state index in [1.54, 1.807) is 31.6 Å². The molecule has 0 saturated heterocycles. The number of aromatic nitrogens is 2. The van der Waals surface area contributed by atoms with Crippen molar-refractivity contribution in [2.24, 2.45) is 0 Å². The van der Waals surface area contributed by atoms with Gasteiger partial charge in [-0.05, 0) is 30.7 Å². The minimum Gasteiger partial charge on any atom is -0.508 e. The first-order chi connectivity index (χ1) is 8.16. The topological polar surface area (TPSA) is 78.0 Å². The number of benzene rings is 1. The molecule has 0 aliphatic carbocycles. The van der Waals surface area contributed by atoms with Crippen LogP contribution in [0.25, 0.3) is 0 Å². The summed E-state index contributed by atoms with van der Waals surface area (Å²) in [4.78, 5) is 18.6. The summed E-state index contributed by atoms with van der Waals surface area (Å²) in [6.07, 6.45) is 3.22. The maximum atomic E-state index is 11.8. The molecular formula is C12H13N3O2. The lowest BCUT2D eigenvalue weighted by Gasteiger charge is -2.06. The maximum Gasteiger partial charge on any atom is 0.251 e. The van der Waals surface area contributed by atoms with Crippen LogP contribution in [0.3, 0.4) is 0 Å². The molecule has 0 saturated carbocycles. The van der Waals surface area contributed by atoms with Crippen molar-refractivity contribution in [1.29, 1.82) is 0 Å².